The van der Waals surface area contributed by atoms with Crippen LogP contribution in [0.1, 0.15) is 24.8 Å². The van der Waals surface area contributed by atoms with E-state index in [0.29, 0.717) is 0 Å². The van der Waals surface area contributed by atoms with Gasteiger partial charge in [-0.3, -0.25) is 0 Å². The SMILES string of the molecule is CN(CCCCCN)CCc1ccccc1. The van der Waals surface area contributed by atoms with Crippen molar-refractivity contribution in [1.29, 1.82) is 0 Å². The third-order valence-electron chi connectivity index (χ3n) is 2.87. The van der Waals surface area contributed by atoms with Crippen molar-refractivity contribution in [3.63, 3.8) is 0 Å². The normalized spacial score (nSPS) is 10.9. The summed E-state index contributed by atoms with van der Waals surface area (Å²) in [7, 11) is 2.20. The molecule has 2 nitrogen and oxygen atoms in total. The van der Waals surface area contributed by atoms with Crippen molar-refractivity contribution in [3.8, 4) is 0 Å². The van der Waals surface area contributed by atoms with Crippen LogP contribution < -0.4 is 5.73 Å². The van der Waals surface area contributed by atoms with E-state index in [1.54, 1.807) is 0 Å². The number of nitrogens with zero attached hydrogens (tertiary/aromatic N) is 1. The molecule has 0 aromatic heterocycles. The molecule has 2 N–H and O–H groups in total. The van der Waals surface area contributed by atoms with Gasteiger partial charge in [0.1, 0.15) is 0 Å². The van der Waals surface area contributed by atoms with Crippen LogP contribution in [-0.2, 0) is 6.42 Å². The van der Waals surface area contributed by atoms with E-state index < -0.39 is 0 Å². The van der Waals surface area contributed by atoms with E-state index in [0.717, 1.165) is 25.9 Å². The van der Waals surface area contributed by atoms with Gasteiger partial charge < -0.3 is 10.6 Å². The lowest BCUT2D eigenvalue weighted by Crippen LogP contribution is -2.22. The first-order chi connectivity index (χ1) is 7.83. The minimum atomic E-state index is 0.827. The van der Waals surface area contributed by atoms with E-state index in [1.807, 2.05) is 0 Å². The Morgan fingerprint density at radius 2 is 1.75 bits per heavy atom. The summed E-state index contributed by atoms with van der Waals surface area (Å²) in [5.41, 5.74) is 6.89. The lowest BCUT2D eigenvalue weighted by atomic mass is 10.1. The predicted molar refractivity (Wildman–Crippen MR) is 70.5 cm³/mol. The Morgan fingerprint density at radius 1 is 1.00 bits per heavy atom. The molecular formula is C14H24N2. The highest BCUT2D eigenvalue weighted by Crippen LogP contribution is 2.02. The van der Waals surface area contributed by atoms with Crippen LogP contribution in [0.15, 0.2) is 30.3 Å². The van der Waals surface area contributed by atoms with E-state index in [4.69, 9.17) is 5.73 Å². The third kappa shape index (κ3) is 5.89. The Labute approximate surface area is 99.5 Å². The van der Waals surface area contributed by atoms with Crippen LogP contribution in [0.5, 0.6) is 0 Å². The van der Waals surface area contributed by atoms with Crippen molar-refractivity contribution in [2.75, 3.05) is 26.7 Å². The van der Waals surface area contributed by atoms with Gasteiger partial charge in [0.25, 0.3) is 0 Å². The first-order valence-electron chi connectivity index (χ1n) is 6.25. The molecule has 0 spiro atoms. The average Bonchev–Trinajstić information content (AvgIpc) is 2.33. The summed E-state index contributed by atoms with van der Waals surface area (Å²) in [4.78, 5) is 2.41. The molecule has 1 aromatic rings. The zero-order valence-electron chi connectivity index (χ0n) is 10.4. The molecule has 0 aliphatic carbocycles. The summed E-state index contributed by atoms with van der Waals surface area (Å²) in [6, 6.07) is 10.7. The van der Waals surface area contributed by atoms with Crippen LogP contribution in [-0.4, -0.2) is 31.6 Å². The summed E-state index contributed by atoms with van der Waals surface area (Å²) in [5.74, 6) is 0. The molecule has 0 saturated carbocycles. The number of likely N-dealkylation sites (N-methyl/N-ethyl adjacent to an activating group) is 1. The Bertz CT molecular complexity index is 259. The van der Waals surface area contributed by atoms with Crippen LogP contribution in [0.2, 0.25) is 0 Å². The Kier molecular flexibility index (Phi) is 6.86. The largest absolute Gasteiger partial charge is 0.330 e. The highest BCUT2D eigenvalue weighted by atomic mass is 15.1. The minimum absolute atomic E-state index is 0.827. The van der Waals surface area contributed by atoms with Gasteiger partial charge in [-0.05, 0) is 45.0 Å². The van der Waals surface area contributed by atoms with Gasteiger partial charge in [0.2, 0.25) is 0 Å². The fourth-order valence-electron chi connectivity index (χ4n) is 1.78. The number of benzene rings is 1. The van der Waals surface area contributed by atoms with Crippen molar-refractivity contribution in [2.45, 2.75) is 25.7 Å². The van der Waals surface area contributed by atoms with Gasteiger partial charge in [-0.15, -0.1) is 0 Å². The fourth-order valence-corrected chi connectivity index (χ4v) is 1.78. The zero-order chi connectivity index (χ0) is 11.6. The molecule has 0 atom stereocenters. The lowest BCUT2D eigenvalue weighted by Gasteiger charge is -2.16. The quantitative estimate of drug-likeness (QED) is 0.681. The summed E-state index contributed by atoms with van der Waals surface area (Å²) < 4.78 is 0. The summed E-state index contributed by atoms with van der Waals surface area (Å²) in [6.07, 6.45) is 4.83. The maximum atomic E-state index is 5.47. The molecule has 0 bridgehead atoms. The summed E-state index contributed by atoms with van der Waals surface area (Å²) in [5, 5.41) is 0. The second-order valence-corrected chi connectivity index (χ2v) is 4.39. The molecule has 0 aliphatic rings. The van der Waals surface area contributed by atoms with Gasteiger partial charge in [0, 0.05) is 6.54 Å². The van der Waals surface area contributed by atoms with Crippen LogP contribution in [0.4, 0.5) is 0 Å². The van der Waals surface area contributed by atoms with Crippen LogP contribution in [0.3, 0.4) is 0 Å². The highest BCUT2D eigenvalue weighted by molar-refractivity contribution is 5.14. The smallest absolute Gasteiger partial charge is 0.00188 e. The number of unbranched alkanes of at least 4 members (excludes halogenated alkanes) is 2. The maximum absolute atomic E-state index is 5.47. The van der Waals surface area contributed by atoms with Gasteiger partial charge in [0.15, 0.2) is 0 Å². The van der Waals surface area contributed by atoms with Gasteiger partial charge >= 0.3 is 0 Å². The number of nitrogens with two attached hydrogens (primary N) is 1. The molecule has 0 saturated heterocycles. The molecule has 0 fully saturated rings. The number of rotatable bonds is 8. The Balaban J connectivity index is 2.08. The second kappa shape index (κ2) is 8.31. The molecule has 0 unspecified atom stereocenters. The first-order valence-corrected chi connectivity index (χ1v) is 6.25. The van der Waals surface area contributed by atoms with Gasteiger partial charge in [-0.1, -0.05) is 36.8 Å². The maximum Gasteiger partial charge on any atom is 0.00188 e. The van der Waals surface area contributed by atoms with Gasteiger partial charge in [-0.2, -0.15) is 0 Å². The standard InChI is InChI=1S/C14H24N2/c1-16(12-7-3-6-11-15)13-10-14-8-4-2-5-9-14/h2,4-5,8-9H,3,6-7,10-13,15H2,1H3. The van der Waals surface area contributed by atoms with E-state index in [2.05, 4.69) is 42.3 Å². The predicted octanol–water partition coefficient (Wildman–Crippen LogP) is 2.29. The molecule has 1 rings (SSSR count). The number of hydrogen-bond acceptors (Lipinski definition) is 2. The van der Waals surface area contributed by atoms with Crippen molar-refractivity contribution >= 4 is 0 Å². The van der Waals surface area contributed by atoms with Crippen molar-refractivity contribution in [3.05, 3.63) is 35.9 Å². The monoisotopic (exact) mass is 220 g/mol. The third-order valence-corrected chi connectivity index (χ3v) is 2.87. The number of hydrogen-bond donors (Lipinski definition) is 1. The topological polar surface area (TPSA) is 29.3 Å². The highest BCUT2D eigenvalue weighted by Gasteiger charge is 1.98. The zero-order valence-corrected chi connectivity index (χ0v) is 10.4. The average molecular weight is 220 g/mol. The lowest BCUT2D eigenvalue weighted by molar-refractivity contribution is 0.329. The van der Waals surface area contributed by atoms with Crippen molar-refractivity contribution in [1.82, 2.24) is 4.90 Å². The van der Waals surface area contributed by atoms with Crippen molar-refractivity contribution in [2.24, 2.45) is 5.73 Å². The molecule has 0 aliphatic heterocycles. The minimum Gasteiger partial charge on any atom is -0.330 e. The van der Waals surface area contributed by atoms with E-state index in [1.165, 1.54) is 24.9 Å². The molecule has 2 heteroatoms. The second-order valence-electron chi connectivity index (χ2n) is 4.39. The molecule has 0 radical (unpaired) electrons. The molecule has 16 heavy (non-hydrogen) atoms. The van der Waals surface area contributed by atoms with Gasteiger partial charge in [-0.25, -0.2) is 0 Å². The van der Waals surface area contributed by atoms with Gasteiger partial charge in [0.05, 0.1) is 0 Å². The molecule has 1 aromatic carbocycles. The van der Waals surface area contributed by atoms with Crippen molar-refractivity contribution < 1.29 is 0 Å². The molecular weight excluding hydrogens is 196 g/mol. The Morgan fingerprint density at radius 3 is 2.44 bits per heavy atom. The van der Waals surface area contributed by atoms with Crippen LogP contribution in [0, 0.1) is 0 Å². The summed E-state index contributed by atoms with van der Waals surface area (Å²) in [6.45, 7) is 3.16. The van der Waals surface area contributed by atoms with Crippen LogP contribution >= 0.6 is 0 Å². The first kappa shape index (κ1) is 13.2. The van der Waals surface area contributed by atoms with E-state index >= 15 is 0 Å². The molecule has 0 heterocycles. The molecule has 90 valence electrons. The molecule has 0 amide bonds. The fraction of sp³-hybridized carbons (Fsp3) is 0.571. The van der Waals surface area contributed by atoms with E-state index in [9.17, 15) is 0 Å². The van der Waals surface area contributed by atoms with Crippen LogP contribution in [0.25, 0.3) is 0 Å². The summed E-state index contributed by atoms with van der Waals surface area (Å²) >= 11 is 0. The Hall–Kier alpha value is -0.860. The van der Waals surface area contributed by atoms with E-state index in [-0.39, 0.29) is 0 Å².